The average molecular weight is 361 g/mol. The van der Waals surface area contributed by atoms with Crippen molar-refractivity contribution in [3.8, 4) is 11.3 Å². The van der Waals surface area contributed by atoms with E-state index in [4.69, 9.17) is 16.7 Å². The van der Waals surface area contributed by atoms with Crippen LogP contribution in [0.1, 0.15) is 23.2 Å². The number of carboxylic acid groups (broad SMARTS) is 1. The van der Waals surface area contributed by atoms with Gasteiger partial charge < -0.3 is 15.1 Å². The van der Waals surface area contributed by atoms with Crippen LogP contribution in [0.4, 0.5) is 0 Å². The van der Waals surface area contributed by atoms with Gasteiger partial charge in [0.25, 0.3) is 5.91 Å². The number of aliphatic hydroxyl groups is 1. The molecule has 1 fully saturated rings. The number of carbonyl (C=O) groups excluding carboxylic acids is 1. The molecule has 25 heavy (non-hydrogen) atoms. The third-order valence-corrected chi connectivity index (χ3v) is 4.76. The number of aliphatic carboxylic acids is 1. The Bertz CT molecular complexity index is 802. The molecule has 0 spiro atoms. The highest BCUT2D eigenvalue weighted by molar-refractivity contribution is 6.34. The van der Waals surface area contributed by atoms with Gasteiger partial charge in [-0.2, -0.15) is 0 Å². The largest absolute Gasteiger partial charge is 0.479 e. The molecule has 1 amide bonds. The molecule has 0 radical (unpaired) electrons. The van der Waals surface area contributed by atoms with Crippen molar-refractivity contribution in [3.63, 3.8) is 0 Å². The van der Waals surface area contributed by atoms with Crippen LogP contribution in [0.2, 0.25) is 5.02 Å². The van der Waals surface area contributed by atoms with Crippen LogP contribution in [-0.4, -0.2) is 50.7 Å². The number of pyridine rings is 1. The maximum Gasteiger partial charge on any atom is 0.335 e. The fraction of sp³-hybridized carbons (Fsp3) is 0.278. The minimum Gasteiger partial charge on any atom is -0.479 e. The number of carboxylic acids is 1. The zero-order valence-corrected chi connectivity index (χ0v) is 14.1. The Morgan fingerprint density at radius 3 is 2.48 bits per heavy atom. The van der Waals surface area contributed by atoms with E-state index in [9.17, 15) is 14.7 Å². The lowest BCUT2D eigenvalue weighted by Crippen LogP contribution is -2.50. The van der Waals surface area contributed by atoms with Crippen LogP contribution in [0.5, 0.6) is 0 Å². The molecule has 0 atom stereocenters. The topological polar surface area (TPSA) is 90.7 Å². The molecule has 130 valence electrons. The summed E-state index contributed by atoms with van der Waals surface area (Å²) in [6.07, 6.45) is 1.65. The van der Waals surface area contributed by atoms with Crippen LogP contribution in [0, 0.1) is 0 Å². The summed E-state index contributed by atoms with van der Waals surface area (Å²) >= 11 is 6.19. The molecule has 1 aliphatic heterocycles. The fourth-order valence-corrected chi connectivity index (χ4v) is 3.04. The lowest BCUT2D eigenvalue weighted by molar-refractivity contribution is -0.162. The number of hydrogen-bond acceptors (Lipinski definition) is 4. The van der Waals surface area contributed by atoms with E-state index >= 15 is 0 Å². The average Bonchev–Trinajstić information content (AvgIpc) is 2.63. The highest BCUT2D eigenvalue weighted by Crippen LogP contribution is 2.28. The summed E-state index contributed by atoms with van der Waals surface area (Å²) in [5, 5.41) is 19.4. The van der Waals surface area contributed by atoms with Gasteiger partial charge in [0, 0.05) is 37.7 Å². The molecule has 1 saturated heterocycles. The van der Waals surface area contributed by atoms with Crippen molar-refractivity contribution in [2.75, 3.05) is 13.1 Å². The monoisotopic (exact) mass is 360 g/mol. The number of aromatic nitrogens is 1. The molecule has 1 aliphatic rings. The van der Waals surface area contributed by atoms with Crippen LogP contribution in [0.15, 0.2) is 42.6 Å². The number of nitrogens with zero attached hydrogens (tertiary/aromatic N) is 2. The Labute approximate surface area is 149 Å². The Balaban J connectivity index is 1.82. The van der Waals surface area contributed by atoms with E-state index in [1.54, 1.807) is 24.4 Å². The molecule has 0 bridgehead atoms. The van der Waals surface area contributed by atoms with Crippen molar-refractivity contribution < 1.29 is 19.8 Å². The molecular formula is C18H17ClN2O4. The number of piperidine rings is 1. The predicted octanol–water partition coefficient (Wildman–Crippen LogP) is 2.45. The molecule has 0 saturated carbocycles. The SMILES string of the molecule is O=C(c1cc(-c2ccccn2)ccc1Cl)N1CCC(O)(C(=O)O)CC1. The maximum atomic E-state index is 12.8. The van der Waals surface area contributed by atoms with E-state index in [0.717, 1.165) is 11.3 Å². The molecule has 2 heterocycles. The van der Waals surface area contributed by atoms with E-state index < -0.39 is 11.6 Å². The van der Waals surface area contributed by atoms with Gasteiger partial charge in [-0.1, -0.05) is 23.7 Å². The minimum atomic E-state index is -1.77. The van der Waals surface area contributed by atoms with Crippen molar-refractivity contribution >= 4 is 23.5 Å². The molecule has 2 N–H and O–H groups in total. The van der Waals surface area contributed by atoms with Gasteiger partial charge in [-0.25, -0.2) is 4.79 Å². The summed E-state index contributed by atoms with van der Waals surface area (Å²) in [6, 6.07) is 10.6. The summed E-state index contributed by atoms with van der Waals surface area (Å²) in [5.74, 6) is -1.54. The molecule has 2 aromatic rings. The van der Waals surface area contributed by atoms with Crippen LogP contribution in [0.3, 0.4) is 0 Å². The minimum absolute atomic E-state index is 0.00831. The van der Waals surface area contributed by atoms with Gasteiger partial charge >= 0.3 is 5.97 Å². The summed E-state index contributed by atoms with van der Waals surface area (Å²) in [6.45, 7) is 0.317. The Morgan fingerprint density at radius 2 is 1.88 bits per heavy atom. The van der Waals surface area contributed by atoms with E-state index in [2.05, 4.69) is 4.98 Å². The van der Waals surface area contributed by atoms with Crippen molar-refractivity contribution in [1.29, 1.82) is 0 Å². The third-order valence-electron chi connectivity index (χ3n) is 4.43. The molecule has 1 aromatic heterocycles. The number of likely N-dealkylation sites (tertiary alicyclic amines) is 1. The van der Waals surface area contributed by atoms with Crippen LogP contribution in [-0.2, 0) is 4.79 Å². The van der Waals surface area contributed by atoms with Crippen molar-refractivity contribution in [1.82, 2.24) is 9.88 Å². The highest BCUT2D eigenvalue weighted by atomic mass is 35.5. The highest BCUT2D eigenvalue weighted by Gasteiger charge is 2.40. The maximum absolute atomic E-state index is 12.8. The second kappa shape index (κ2) is 6.82. The molecule has 0 aliphatic carbocycles. The molecular weight excluding hydrogens is 344 g/mol. The van der Waals surface area contributed by atoms with Crippen molar-refractivity contribution in [2.24, 2.45) is 0 Å². The van der Waals surface area contributed by atoms with Gasteiger partial charge in [0.05, 0.1) is 16.3 Å². The van der Waals surface area contributed by atoms with Crippen LogP contribution < -0.4 is 0 Å². The lowest BCUT2D eigenvalue weighted by Gasteiger charge is -2.35. The first-order valence-electron chi connectivity index (χ1n) is 7.87. The van der Waals surface area contributed by atoms with Crippen molar-refractivity contribution in [2.45, 2.75) is 18.4 Å². The van der Waals surface area contributed by atoms with Crippen LogP contribution >= 0.6 is 11.6 Å². The predicted molar refractivity (Wildman–Crippen MR) is 92.4 cm³/mol. The van der Waals surface area contributed by atoms with E-state index in [1.807, 2.05) is 18.2 Å². The van der Waals surface area contributed by atoms with Gasteiger partial charge in [0.15, 0.2) is 5.60 Å². The zero-order valence-electron chi connectivity index (χ0n) is 13.4. The number of benzene rings is 1. The first-order chi connectivity index (χ1) is 11.9. The smallest absolute Gasteiger partial charge is 0.335 e. The summed E-state index contributed by atoms with van der Waals surface area (Å²) in [4.78, 5) is 29.7. The van der Waals surface area contributed by atoms with E-state index in [1.165, 1.54) is 4.90 Å². The number of carbonyl (C=O) groups is 2. The molecule has 3 rings (SSSR count). The number of hydrogen-bond donors (Lipinski definition) is 2. The lowest BCUT2D eigenvalue weighted by atomic mass is 9.91. The van der Waals surface area contributed by atoms with Gasteiger partial charge in [-0.15, -0.1) is 0 Å². The first-order valence-corrected chi connectivity index (χ1v) is 8.24. The first kappa shape index (κ1) is 17.4. The summed E-state index contributed by atoms with van der Waals surface area (Å²) in [7, 11) is 0. The number of rotatable bonds is 3. The Kier molecular flexibility index (Phi) is 4.74. The molecule has 0 unspecified atom stereocenters. The quantitative estimate of drug-likeness (QED) is 0.877. The molecule has 7 heteroatoms. The number of halogens is 1. The summed E-state index contributed by atoms with van der Waals surface area (Å²) in [5.41, 5.74) is 0.0706. The second-order valence-corrected chi connectivity index (χ2v) is 6.45. The van der Waals surface area contributed by atoms with Crippen LogP contribution in [0.25, 0.3) is 11.3 Å². The zero-order chi connectivity index (χ0) is 18.0. The Morgan fingerprint density at radius 1 is 1.16 bits per heavy atom. The normalized spacial score (nSPS) is 16.5. The molecule has 6 nitrogen and oxygen atoms in total. The van der Waals surface area contributed by atoms with Gasteiger partial charge in [-0.3, -0.25) is 9.78 Å². The standard InChI is InChI=1S/C18H17ClN2O4/c19-14-5-4-12(15-3-1-2-8-20-15)11-13(14)16(22)21-9-6-18(25,7-10-21)17(23)24/h1-5,8,11,25H,6-7,9-10H2,(H,23,24). The number of amides is 1. The Hall–Kier alpha value is -2.44. The van der Waals surface area contributed by atoms with E-state index in [0.29, 0.717) is 10.6 Å². The van der Waals surface area contributed by atoms with Gasteiger partial charge in [-0.05, 0) is 24.3 Å². The second-order valence-electron chi connectivity index (χ2n) is 6.04. The fourth-order valence-electron chi connectivity index (χ4n) is 2.85. The van der Waals surface area contributed by atoms with Gasteiger partial charge in [0.1, 0.15) is 0 Å². The molecule has 1 aromatic carbocycles. The van der Waals surface area contributed by atoms with E-state index in [-0.39, 0.29) is 31.8 Å². The third kappa shape index (κ3) is 3.50. The van der Waals surface area contributed by atoms with Gasteiger partial charge in [0.2, 0.25) is 0 Å². The van der Waals surface area contributed by atoms with Crippen molar-refractivity contribution in [3.05, 3.63) is 53.2 Å². The summed E-state index contributed by atoms with van der Waals surface area (Å²) < 4.78 is 0.